The minimum atomic E-state index is -0.235. The van der Waals surface area contributed by atoms with Gasteiger partial charge >= 0.3 is 0 Å². The molecule has 0 aromatic heterocycles. The first-order valence-electron chi connectivity index (χ1n) is 6.88. The molecule has 2 N–H and O–H groups in total. The van der Waals surface area contributed by atoms with Crippen LogP contribution in [0.3, 0.4) is 0 Å². The average Bonchev–Trinajstić information content (AvgIpc) is 2.90. The number of hydrazine groups is 1. The summed E-state index contributed by atoms with van der Waals surface area (Å²) in [6, 6.07) is 7.05. The Labute approximate surface area is 133 Å². The normalized spacial score (nSPS) is 19.8. The lowest BCUT2D eigenvalue weighted by molar-refractivity contribution is -0.762. The zero-order chi connectivity index (χ0) is 15.7. The summed E-state index contributed by atoms with van der Waals surface area (Å²) in [7, 11) is 3.94. The number of carbonyl (C=O) groups excluding carboxylic acids is 1. The molecule has 3 rings (SSSR count). The van der Waals surface area contributed by atoms with E-state index in [1.54, 1.807) is 24.3 Å². The van der Waals surface area contributed by atoms with Crippen LogP contribution >= 0.6 is 11.6 Å². The Morgan fingerprint density at radius 1 is 1.45 bits per heavy atom. The quantitative estimate of drug-likeness (QED) is 0.862. The molecule has 1 unspecified atom stereocenters. The van der Waals surface area contributed by atoms with Gasteiger partial charge in [-0.2, -0.15) is 4.99 Å². The van der Waals surface area contributed by atoms with Crippen molar-refractivity contribution in [1.29, 1.82) is 0 Å². The van der Waals surface area contributed by atoms with Crippen LogP contribution in [0.2, 0.25) is 5.02 Å². The van der Waals surface area contributed by atoms with Crippen molar-refractivity contribution >= 4 is 29.0 Å². The first-order chi connectivity index (χ1) is 10.5. The number of aliphatic imine (C=N–C) groups is 1. The predicted molar refractivity (Wildman–Crippen MR) is 86.1 cm³/mol. The molecule has 1 aromatic carbocycles. The van der Waals surface area contributed by atoms with Crippen LogP contribution in [0.25, 0.3) is 0 Å². The van der Waals surface area contributed by atoms with Crippen LogP contribution in [0.5, 0.6) is 0 Å². The first kappa shape index (κ1) is 14.8. The fourth-order valence-electron chi connectivity index (χ4n) is 2.28. The number of amidine groups is 1. The van der Waals surface area contributed by atoms with Crippen LogP contribution in [-0.2, 0) is 4.79 Å². The van der Waals surface area contributed by atoms with E-state index in [0.717, 1.165) is 10.7 Å². The highest BCUT2D eigenvalue weighted by Crippen LogP contribution is 2.16. The maximum Gasteiger partial charge on any atom is 0.280 e. The number of nitrogens with zero attached hydrogens (tertiary/aromatic N) is 3. The Morgan fingerprint density at radius 3 is 3.00 bits per heavy atom. The highest BCUT2D eigenvalue weighted by molar-refractivity contribution is 6.31. The second kappa shape index (κ2) is 5.92. The van der Waals surface area contributed by atoms with E-state index in [0.29, 0.717) is 23.1 Å². The van der Waals surface area contributed by atoms with Crippen LogP contribution in [0.15, 0.2) is 53.4 Å². The van der Waals surface area contributed by atoms with E-state index in [1.165, 1.54) is 0 Å². The summed E-state index contributed by atoms with van der Waals surface area (Å²) in [6.45, 7) is 0.705. The highest BCUT2D eigenvalue weighted by atomic mass is 35.5. The molecule has 2 heterocycles. The molecule has 6 nitrogen and oxygen atoms in total. The van der Waals surface area contributed by atoms with Gasteiger partial charge < -0.3 is 5.32 Å². The van der Waals surface area contributed by atoms with E-state index in [-0.39, 0.29) is 5.91 Å². The van der Waals surface area contributed by atoms with Crippen LogP contribution in [0.1, 0.15) is 0 Å². The Bertz CT molecular complexity index is 695. The number of quaternary nitrogens is 1. The van der Waals surface area contributed by atoms with E-state index in [9.17, 15) is 4.79 Å². The SMILES string of the molecule is CN(C)N1C=CC2=NC(C(=O)Nc3cccc(Cl)c3)=C[NH+]2C1. The van der Waals surface area contributed by atoms with Crippen molar-refractivity contribution < 1.29 is 9.69 Å². The summed E-state index contributed by atoms with van der Waals surface area (Å²) in [6.07, 6.45) is 5.69. The van der Waals surface area contributed by atoms with Crippen LogP contribution in [-0.4, -0.2) is 42.5 Å². The molecule has 2 aliphatic rings. The second-order valence-corrected chi connectivity index (χ2v) is 5.71. The summed E-state index contributed by atoms with van der Waals surface area (Å²) in [5.41, 5.74) is 1.07. The standard InChI is InChI=1S/C15H16ClN5O/c1-19(2)21-7-6-14-18-13(9-20(14)10-21)15(22)17-12-5-3-4-11(16)8-12/h3-9H,10H2,1-2H3,(H,17,22)/p+1. The summed E-state index contributed by atoms with van der Waals surface area (Å²) in [5.74, 6) is 0.607. The summed E-state index contributed by atoms with van der Waals surface area (Å²) >= 11 is 5.92. The van der Waals surface area contributed by atoms with Crippen LogP contribution in [0, 0.1) is 0 Å². The monoisotopic (exact) mass is 318 g/mol. The van der Waals surface area contributed by atoms with Gasteiger partial charge in [0.1, 0.15) is 6.20 Å². The molecule has 114 valence electrons. The number of fused-ring (bicyclic) bond motifs is 1. The van der Waals surface area contributed by atoms with Gasteiger partial charge in [0.25, 0.3) is 5.91 Å². The molecular weight excluding hydrogens is 302 g/mol. The average molecular weight is 319 g/mol. The zero-order valence-electron chi connectivity index (χ0n) is 12.4. The molecule has 0 saturated carbocycles. The van der Waals surface area contributed by atoms with Crippen molar-refractivity contribution in [3.8, 4) is 0 Å². The highest BCUT2D eigenvalue weighted by Gasteiger charge is 2.30. The van der Waals surface area contributed by atoms with Gasteiger partial charge in [0, 0.05) is 37.1 Å². The molecule has 0 saturated heterocycles. The number of nitrogens with one attached hydrogen (secondary N) is 2. The molecule has 1 aromatic rings. The van der Waals surface area contributed by atoms with Crippen molar-refractivity contribution in [1.82, 2.24) is 10.0 Å². The molecule has 0 bridgehead atoms. The van der Waals surface area contributed by atoms with Crippen LogP contribution < -0.4 is 10.2 Å². The fourth-order valence-corrected chi connectivity index (χ4v) is 2.47. The van der Waals surface area contributed by atoms with Crippen molar-refractivity contribution in [2.24, 2.45) is 4.99 Å². The zero-order valence-corrected chi connectivity index (χ0v) is 13.1. The first-order valence-corrected chi connectivity index (χ1v) is 7.26. The number of halogens is 1. The Balaban J connectivity index is 1.72. The van der Waals surface area contributed by atoms with Crippen molar-refractivity contribution in [2.75, 3.05) is 26.1 Å². The van der Waals surface area contributed by atoms with Crippen LogP contribution in [0.4, 0.5) is 5.69 Å². The maximum absolute atomic E-state index is 12.3. The van der Waals surface area contributed by atoms with Gasteiger partial charge in [-0.1, -0.05) is 17.7 Å². The minimum Gasteiger partial charge on any atom is -0.320 e. The lowest BCUT2D eigenvalue weighted by Crippen LogP contribution is -3.11. The summed E-state index contributed by atoms with van der Waals surface area (Å²) < 4.78 is 0. The van der Waals surface area contributed by atoms with Gasteiger partial charge in [-0.25, -0.2) is 9.91 Å². The van der Waals surface area contributed by atoms with E-state index in [1.807, 2.05) is 42.6 Å². The number of carbonyl (C=O) groups is 1. The summed E-state index contributed by atoms with van der Waals surface area (Å²) in [4.78, 5) is 17.7. The topological polar surface area (TPSA) is 52.4 Å². The van der Waals surface area contributed by atoms with E-state index >= 15 is 0 Å². The van der Waals surface area contributed by atoms with E-state index in [4.69, 9.17) is 11.6 Å². The molecule has 0 aliphatic carbocycles. The van der Waals surface area contributed by atoms with E-state index in [2.05, 4.69) is 10.3 Å². The lowest BCUT2D eigenvalue weighted by Gasteiger charge is -2.30. The Morgan fingerprint density at radius 2 is 2.27 bits per heavy atom. The fraction of sp³-hybridized carbons (Fsp3) is 0.200. The number of rotatable bonds is 3. The van der Waals surface area contributed by atoms with Gasteiger partial charge in [0.15, 0.2) is 12.4 Å². The molecule has 7 heteroatoms. The minimum absolute atomic E-state index is 0.235. The van der Waals surface area contributed by atoms with Gasteiger partial charge in [0.05, 0.1) is 0 Å². The van der Waals surface area contributed by atoms with Crippen molar-refractivity contribution in [2.45, 2.75) is 0 Å². The van der Waals surface area contributed by atoms with Gasteiger partial charge in [-0.05, 0) is 18.2 Å². The molecule has 1 amide bonds. The third-order valence-corrected chi connectivity index (χ3v) is 3.68. The summed E-state index contributed by atoms with van der Waals surface area (Å²) in [5, 5.41) is 7.42. The molecule has 0 fully saturated rings. The van der Waals surface area contributed by atoms with Gasteiger partial charge in [-0.15, -0.1) is 0 Å². The van der Waals surface area contributed by atoms with E-state index < -0.39 is 0 Å². The van der Waals surface area contributed by atoms with Crippen molar-refractivity contribution in [3.05, 3.63) is 53.5 Å². The van der Waals surface area contributed by atoms with Crippen molar-refractivity contribution in [3.63, 3.8) is 0 Å². The molecule has 0 radical (unpaired) electrons. The van der Waals surface area contributed by atoms with Gasteiger partial charge in [-0.3, -0.25) is 9.80 Å². The largest absolute Gasteiger partial charge is 0.320 e. The number of anilines is 1. The predicted octanol–water partition coefficient (Wildman–Crippen LogP) is 0.680. The number of benzene rings is 1. The Kier molecular flexibility index (Phi) is 3.98. The smallest absolute Gasteiger partial charge is 0.280 e. The molecular formula is C15H17ClN5O+. The third-order valence-electron chi connectivity index (χ3n) is 3.45. The third kappa shape index (κ3) is 3.04. The molecule has 22 heavy (non-hydrogen) atoms. The number of hydrogen-bond donors (Lipinski definition) is 2. The van der Waals surface area contributed by atoms with Gasteiger partial charge in [0.2, 0.25) is 5.84 Å². The molecule has 0 spiro atoms. The maximum atomic E-state index is 12.3. The number of amides is 1. The molecule has 1 atom stereocenters. The lowest BCUT2D eigenvalue weighted by atomic mass is 10.3. The Hall–Kier alpha value is -2.15. The number of hydrogen-bond acceptors (Lipinski definition) is 4. The second-order valence-electron chi connectivity index (χ2n) is 5.28. The molecule has 2 aliphatic heterocycles.